The lowest BCUT2D eigenvalue weighted by Crippen LogP contribution is -2.06. The van der Waals surface area contributed by atoms with Crippen LogP contribution in [0.5, 0.6) is 5.75 Å². The van der Waals surface area contributed by atoms with Gasteiger partial charge in [-0.05, 0) is 47.8 Å². The number of carbonyl (C=O) groups is 1. The molecule has 2 aromatic carbocycles. The summed E-state index contributed by atoms with van der Waals surface area (Å²) < 4.78 is 19.3. The first-order valence-corrected chi connectivity index (χ1v) is 7.08. The minimum Gasteiger partial charge on any atom is -0.488 e. The number of amides is 1. The van der Waals surface area contributed by atoms with Crippen molar-refractivity contribution >= 4 is 17.5 Å². The van der Waals surface area contributed by atoms with Crippen LogP contribution in [0.4, 0.5) is 4.39 Å². The van der Waals surface area contributed by atoms with Crippen molar-refractivity contribution in [2.24, 2.45) is 5.11 Å². The fourth-order valence-electron chi connectivity index (χ4n) is 2.11. The molecule has 2 rings (SSSR count). The van der Waals surface area contributed by atoms with Crippen LogP contribution in [-0.4, -0.2) is 5.91 Å². The quantitative estimate of drug-likeness (QED) is 0.442. The molecule has 0 spiro atoms. The molecule has 118 valence electrons. The number of rotatable bonds is 4. The molecule has 0 bridgehead atoms. The maximum absolute atomic E-state index is 13.7. The second-order valence-electron chi connectivity index (χ2n) is 4.92. The van der Waals surface area contributed by atoms with Crippen LogP contribution < -0.4 is 4.74 Å². The molecule has 0 aromatic heterocycles. The summed E-state index contributed by atoms with van der Waals surface area (Å²) in [7, 11) is 0. The van der Waals surface area contributed by atoms with Gasteiger partial charge in [-0.15, -0.1) is 0 Å². The molecule has 5 nitrogen and oxygen atoms in total. The van der Waals surface area contributed by atoms with Crippen LogP contribution in [0.3, 0.4) is 0 Å². The van der Waals surface area contributed by atoms with E-state index in [1.807, 2.05) is 0 Å². The van der Waals surface area contributed by atoms with Crippen molar-refractivity contribution in [3.63, 3.8) is 0 Å². The molecule has 0 saturated heterocycles. The van der Waals surface area contributed by atoms with Crippen LogP contribution in [-0.2, 0) is 6.61 Å². The van der Waals surface area contributed by atoms with E-state index in [-0.39, 0.29) is 18.0 Å². The topological polar surface area (TPSA) is 75.1 Å². The van der Waals surface area contributed by atoms with E-state index in [1.165, 1.54) is 12.1 Å². The molecule has 1 amide bonds. The van der Waals surface area contributed by atoms with Gasteiger partial charge in [0, 0.05) is 27.1 Å². The molecule has 0 aliphatic rings. The molecule has 0 aliphatic carbocycles. The third-order valence-electron chi connectivity index (χ3n) is 3.31. The highest BCUT2D eigenvalue weighted by atomic mass is 35.5. The Bertz CT molecular complexity index is 817. The smallest absolute Gasteiger partial charge is 0.249 e. The molecular formula is C16H13ClFN3O2. The van der Waals surface area contributed by atoms with Gasteiger partial charge in [0.25, 0.3) is 0 Å². The highest BCUT2D eigenvalue weighted by Crippen LogP contribution is 2.26. The molecule has 0 aliphatic heterocycles. The Kier molecular flexibility index (Phi) is 5.21. The van der Waals surface area contributed by atoms with Gasteiger partial charge in [-0.1, -0.05) is 23.7 Å². The number of benzene rings is 2. The predicted molar refractivity (Wildman–Crippen MR) is 85.1 cm³/mol. The van der Waals surface area contributed by atoms with Crippen LogP contribution in [0.2, 0.25) is 5.02 Å². The van der Waals surface area contributed by atoms with Gasteiger partial charge in [0.05, 0.1) is 0 Å². The summed E-state index contributed by atoms with van der Waals surface area (Å²) in [6.45, 7) is 3.41. The number of hydrogen-bond donors (Lipinski definition) is 0. The summed E-state index contributed by atoms with van der Waals surface area (Å²) >= 11 is 6.10. The van der Waals surface area contributed by atoms with Crippen LogP contribution in [0, 0.1) is 19.7 Å². The van der Waals surface area contributed by atoms with Crippen molar-refractivity contribution in [2.45, 2.75) is 20.5 Å². The fourth-order valence-corrected chi connectivity index (χ4v) is 2.34. The Morgan fingerprint density at radius 1 is 1.35 bits per heavy atom. The maximum atomic E-state index is 13.7. The number of azide groups is 1. The van der Waals surface area contributed by atoms with Gasteiger partial charge in [0.15, 0.2) is 0 Å². The number of hydrogen-bond acceptors (Lipinski definition) is 2. The molecule has 0 radical (unpaired) electrons. The molecule has 0 fully saturated rings. The summed E-state index contributed by atoms with van der Waals surface area (Å²) in [5, 5.41) is 3.36. The van der Waals surface area contributed by atoms with Crippen LogP contribution in [0.15, 0.2) is 35.4 Å². The molecule has 0 saturated carbocycles. The lowest BCUT2D eigenvalue weighted by molar-refractivity contribution is 0.0998. The first-order valence-electron chi connectivity index (χ1n) is 6.70. The van der Waals surface area contributed by atoms with Crippen molar-refractivity contribution in [1.29, 1.82) is 0 Å². The first-order chi connectivity index (χ1) is 10.9. The van der Waals surface area contributed by atoms with Crippen molar-refractivity contribution in [1.82, 2.24) is 0 Å². The monoisotopic (exact) mass is 333 g/mol. The summed E-state index contributed by atoms with van der Waals surface area (Å²) in [5.74, 6) is -0.772. The van der Waals surface area contributed by atoms with E-state index in [2.05, 4.69) is 10.0 Å². The Morgan fingerprint density at radius 2 is 2.09 bits per heavy atom. The number of halogens is 2. The number of carbonyl (C=O) groups excluding carboxylic acids is 1. The number of aryl methyl sites for hydroxylation is 2. The molecular weight excluding hydrogens is 321 g/mol. The Morgan fingerprint density at radius 3 is 2.78 bits per heavy atom. The van der Waals surface area contributed by atoms with E-state index in [1.54, 1.807) is 32.0 Å². The highest BCUT2D eigenvalue weighted by molar-refractivity contribution is 6.31. The first kappa shape index (κ1) is 16.8. The van der Waals surface area contributed by atoms with E-state index < -0.39 is 5.91 Å². The second-order valence-corrected chi connectivity index (χ2v) is 5.32. The van der Waals surface area contributed by atoms with E-state index in [0.717, 1.165) is 5.56 Å². The van der Waals surface area contributed by atoms with Gasteiger partial charge >= 0.3 is 0 Å². The van der Waals surface area contributed by atoms with Crippen molar-refractivity contribution in [3.8, 4) is 5.75 Å². The highest BCUT2D eigenvalue weighted by Gasteiger charge is 2.14. The molecule has 0 heterocycles. The summed E-state index contributed by atoms with van der Waals surface area (Å²) in [6, 6.07) is 7.61. The molecule has 23 heavy (non-hydrogen) atoms. The van der Waals surface area contributed by atoms with Gasteiger partial charge in [-0.25, -0.2) is 4.39 Å². The largest absolute Gasteiger partial charge is 0.488 e. The second kappa shape index (κ2) is 7.13. The third kappa shape index (κ3) is 3.80. The van der Waals surface area contributed by atoms with Gasteiger partial charge in [0.1, 0.15) is 18.2 Å². The van der Waals surface area contributed by atoms with Gasteiger partial charge in [0.2, 0.25) is 5.91 Å². The average molecular weight is 334 g/mol. The Balaban J connectivity index is 2.32. The molecule has 0 N–H and O–H groups in total. The normalized spacial score (nSPS) is 10.1. The Hall–Kier alpha value is -2.56. The molecule has 7 heteroatoms. The standard InChI is InChI=1S/C16H13ClFN3O2/c1-9-6-10(2)15(7-14(9)18)23-8-12-11(16(22)20-21-19)4-3-5-13(12)17/h3-7H,8H2,1-2H3. The maximum Gasteiger partial charge on any atom is 0.249 e. The molecule has 0 atom stereocenters. The van der Waals surface area contributed by atoms with Crippen LogP contribution in [0.25, 0.3) is 10.4 Å². The fraction of sp³-hybridized carbons (Fsp3) is 0.188. The van der Waals surface area contributed by atoms with E-state index >= 15 is 0 Å². The molecule has 0 unspecified atom stereocenters. The van der Waals surface area contributed by atoms with E-state index in [0.29, 0.717) is 21.9 Å². The lowest BCUT2D eigenvalue weighted by Gasteiger charge is -2.13. The van der Waals surface area contributed by atoms with Crippen molar-refractivity contribution in [3.05, 3.63) is 73.9 Å². The summed E-state index contributed by atoms with van der Waals surface area (Å²) in [4.78, 5) is 14.3. The molecule has 2 aromatic rings. The van der Waals surface area contributed by atoms with E-state index in [9.17, 15) is 9.18 Å². The SMILES string of the molecule is Cc1cc(C)c(OCc2c(Cl)cccc2C(=O)N=[N+]=[N-])cc1F. The number of ether oxygens (including phenoxy) is 1. The van der Waals surface area contributed by atoms with Gasteiger partial charge in [-0.3, -0.25) is 4.79 Å². The average Bonchev–Trinajstić information content (AvgIpc) is 2.50. The minimum atomic E-state index is -0.750. The third-order valence-corrected chi connectivity index (χ3v) is 3.67. The van der Waals surface area contributed by atoms with Gasteiger partial charge in [-0.2, -0.15) is 0 Å². The van der Waals surface area contributed by atoms with Crippen LogP contribution >= 0.6 is 11.6 Å². The zero-order valence-electron chi connectivity index (χ0n) is 12.5. The van der Waals surface area contributed by atoms with E-state index in [4.69, 9.17) is 21.9 Å². The summed E-state index contributed by atoms with van der Waals surface area (Å²) in [5.41, 5.74) is 10.2. The van der Waals surface area contributed by atoms with Crippen molar-refractivity contribution in [2.75, 3.05) is 0 Å². The Labute approximate surface area is 137 Å². The zero-order valence-corrected chi connectivity index (χ0v) is 13.3. The predicted octanol–water partition coefficient (Wildman–Crippen LogP) is 5.13. The van der Waals surface area contributed by atoms with Crippen LogP contribution in [0.1, 0.15) is 27.0 Å². The zero-order chi connectivity index (χ0) is 17.0. The number of nitrogens with zero attached hydrogens (tertiary/aromatic N) is 3. The van der Waals surface area contributed by atoms with Crippen molar-refractivity contribution < 1.29 is 13.9 Å². The minimum absolute atomic E-state index is 0.0506. The summed E-state index contributed by atoms with van der Waals surface area (Å²) in [6.07, 6.45) is 0. The lowest BCUT2D eigenvalue weighted by atomic mass is 10.1. The van der Waals surface area contributed by atoms with Gasteiger partial charge < -0.3 is 4.74 Å².